The zero-order chi connectivity index (χ0) is 27.5. The van der Waals surface area contributed by atoms with Crippen LogP contribution in [0.1, 0.15) is 18.1 Å². The second-order valence-electron chi connectivity index (χ2n) is 8.69. The SMILES string of the molecule is C[C@@H](NC(=S)Nc1cc(C(F)(F)F)cc(C(F)(F)F)c1)[C@@H]1C=CC=C1P(c1ccccc1)c1ccccc1. The molecular weight excluding hydrogens is 541 g/mol. The molecule has 198 valence electrons. The third kappa shape index (κ3) is 6.63. The van der Waals surface area contributed by atoms with Gasteiger partial charge in [-0.05, 0) is 61.2 Å². The molecule has 0 fully saturated rings. The van der Waals surface area contributed by atoms with Crippen LogP contribution in [0.15, 0.2) is 102 Å². The summed E-state index contributed by atoms with van der Waals surface area (Å²) in [6.07, 6.45) is -3.85. The van der Waals surface area contributed by atoms with Crippen molar-refractivity contribution in [1.82, 2.24) is 5.32 Å². The molecule has 0 spiro atoms. The molecule has 0 heterocycles. The zero-order valence-corrected chi connectivity index (χ0v) is 21.7. The molecule has 1 aliphatic carbocycles. The highest BCUT2D eigenvalue weighted by molar-refractivity contribution is 7.80. The Hall–Kier alpha value is -3.16. The van der Waals surface area contributed by atoms with E-state index in [1.54, 1.807) is 0 Å². The van der Waals surface area contributed by atoms with Crippen molar-refractivity contribution in [2.45, 2.75) is 25.3 Å². The lowest BCUT2D eigenvalue weighted by Crippen LogP contribution is -2.40. The van der Waals surface area contributed by atoms with Gasteiger partial charge in [-0.3, -0.25) is 0 Å². The van der Waals surface area contributed by atoms with Gasteiger partial charge in [0.15, 0.2) is 5.11 Å². The molecular formula is C28H23F6N2PS. The second-order valence-corrected chi connectivity index (χ2v) is 11.3. The molecule has 2 atom stereocenters. The van der Waals surface area contributed by atoms with Gasteiger partial charge in [-0.2, -0.15) is 26.3 Å². The Kier molecular flexibility index (Phi) is 8.28. The zero-order valence-electron chi connectivity index (χ0n) is 20.0. The highest BCUT2D eigenvalue weighted by Gasteiger charge is 2.37. The predicted molar refractivity (Wildman–Crippen MR) is 145 cm³/mol. The Labute approximate surface area is 223 Å². The maximum atomic E-state index is 13.2. The van der Waals surface area contributed by atoms with Gasteiger partial charge in [0.25, 0.3) is 0 Å². The standard InChI is InChI=1S/C28H23F6N2PS/c1-18(35-26(38)36-21-16-19(27(29,30)31)15-20(17-21)28(32,33)34)24-13-8-14-25(24)37(22-9-4-2-5-10-22)23-11-6-3-7-12-23/h2-18,24H,1H3,(H2,35,36,38)/t18-,24+/m1/s1. The summed E-state index contributed by atoms with van der Waals surface area (Å²) < 4.78 is 79.4. The molecule has 1 aliphatic rings. The summed E-state index contributed by atoms with van der Waals surface area (Å²) in [5.74, 6) is -0.103. The van der Waals surface area contributed by atoms with Gasteiger partial charge in [-0.1, -0.05) is 78.9 Å². The van der Waals surface area contributed by atoms with Gasteiger partial charge < -0.3 is 10.6 Å². The summed E-state index contributed by atoms with van der Waals surface area (Å²) in [6.45, 7) is 1.87. The molecule has 0 radical (unpaired) electrons. The molecule has 38 heavy (non-hydrogen) atoms. The highest BCUT2D eigenvalue weighted by Crippen LogP contribution is 2.49. The average molecular weight is 565 g/mol. The number of hydrogen-bond acceptors (Lipinski definition) is 1. The lowest BCUT2D eigenvalue weighted by atomic mass is 10.0. The topological polar surface area (TPSA) is 24.1 Å². The molecule has 2 N–H and O–H groups in total. The molecule has 0 amide bonds. The van der Waals surface area contributed by atoms with E-state index < -0.39 is 37.1 Å². The minimum atomic E-state index is -4.94. The summed E-state index contributed by atoms with van der Waals surface area (Å²) in [7, 11) is -0.887. The summed E-state index contributed by atoms with van der Waals surface area (Å²) in [6, 6.07) is 21.1. The van der Waals surface area contributed by atoms with Crippen molar-refractivity contribution >= 4 is 41.5 Å². The van der Waals surface area contributed by atoms with Crippen molar-refractivity contribution in [2.75, 3.05) is 5.32 Å². The minimum Gasteiger partial charge on any atom is -0.359 e. The van der Waals surface area contributed by atoms with E-state index in [1.165, 1.54) is 0 Å². The Morgan fingerprint density at radius 1 is 0.816 bits per heavy atom. The number of thiocarbonyl (C=S) groups is 1. The van der Waals surface area contributed by atoms with Gasteiger partial charge in [0.1, 0.15) is 0 Å². The van der Waals surface area contributed by atoms with E-state index in [9.17, 15) is 26.3 Å². The number of alkyl halides is 6. The lowest BCUT2D eigenvalue weighted by Gasteiger charge is -2.30. The van der Waals surface area contributed by atoms with Gasteiger partial charge >= 0.3 is 12.4 Å². The first-order valence-electron chi connectivity index (χ1n) is 11.6. The molecule has 3 aromatic rings. The first kappa shape index (κ1) is 27.9. The molecule has 4 rings (SSSR count). The van der Waals surface area contributed by atoms with E-state index in [-0.39, 0.29) is 23.1 Å². The lowest BCUT2D eigenvalue weighted by molar-refractivity contribution is -0.143. The fourth-order valence-electron chi connectivity index (χ4n) is 4.22. The Morgan fingerprint density at radius 3 is 1.79 bits per heavy atom. The van der Waals surface area contributed by atoms with Crippen molar-refractivity contribution in [3.05, 3.63) is 114 Å². The number of nitrogens with one attached hydrogen (secondary N) is 2. The van der Waals surface area contributed by atoms with E-state index in [1.807, 2.05) is 55.5 Å². The predicted octanol–water partition coefficient (Wildman–Crippen LogP) is 7.60. The van der Waals surface area contributed by atoms with Crippen molar-refractivity contribution in [2.24, 2.45) is 5.92 Å². The van der Waals surface area contributed by atoms with E-state index in [0.29, 0.717) is 12.1 Å². The summed E-state index contributed by atoms with van der Waals surface area (Å²) in [4.78, 5) is 0. The van der Waals surface area contributed by atoms with Crippen LogP contribution in [0, 0.1) is 5.92 Å². The highest BCUT2D eigenvalue weighted by atomic mass is 32.1. The first-order chi connectivity index (χ1) is 17.9. The smallest absolute Gasteiger partial charge is 0.359 e. The number of hydrogen-bond donors (Lipinski definition) is 2. The molecule has 0 unspecified atom stereocenters. The van der Waals surface area contributed by atoms with Crippen LogP contribution in [0.2, 0.25) is 0 Å². The van der Waals surface area contributed by atoms with Crippen LogP contribution in [0.5, 0.6) is 0 Å². The minimum absolute atomic E-state index is 0.0756. The van der Waals surface area contributed by atoms with E-state index >= 15 is 0 Å². The van der Waals surface area contributed by atoms with Crippen molar-refractivity contribution in [1.29, 1.82) is 0 Å². The van der Waals surface area contributed by atoms with Crippen molar-refractivity contribution in [3.8, 4) is 0 Å². The summed E-state index contributed by atoms with van der Waals surface area (Å²) in [5, 5.41) is 8.95. The van der Waals surface area contributed by atoms with E-state index in [0.717, 1.165) is 15.9 Å². The van der Waals surface area contributed by atoms with E-state index in [4.69, 9.17) is 12.2 Å². The van der Waals surface area contributed by atoms with Crippen LogP contribution < -0.4 is 21.2 Å². The molecule has 0 aliphatic heterocycles. The van der Waals surface area contributed by atoms with Gasteiger partial charge in [0.2, 0.25) is 0 Å². The van der Waals surface area contributed by atoms with Gasteiger partial charge in [-0.25, -0.2) is 0 Å². The Morgan fingerprint density at radius 2 is 1.32 bits per heavy atom. The van der Waals surface area contributed by atoms with Crippen LogP contribution in [-0.4, -0.2) is 11.2 Å². The van der Waals surface area contributed by atoms with Gasteiger partial charge in [0, 0.05) is 17.6 Å². The summed E-state index contributed by atoms with van der Waals surface area (Å²) in [5.41, 5.74) is -3.22. The van der Waals surface area contributed by atoms with Crippen LogP contribution >= 0.6 is 20.1 Å². The average Bonchev–Trinajstić information content (AvgIpc) is 3.34. The molecule has 2 nitrogen and oxygen atoms in total. The molecule has 0 saturated carbocycles. The Bertz CT molecular complexity index is 1270. The van der Waals surface area contributed by atoms with Crippen molar-refractivity contribution < 1.29 is 26.3 Å². The second kappa shape index (κ2) is 11.3. The largest absolute Gasteiger partial charge is 0.416 e. The van der Waals surface area contributed by atoms with Crippen LogP contribution in [0.4, 0.5) is 32.0 Å². The number of benzene rings is 3. The molecule has 0 aromatic heterocycles. The number of allylic oxidation sites excluding steroid dienone is 2. The maximum absolute atomic E-state index is 13.2. The van der Waals surface area contributed by atoms with Gasteiger partial charge in [-0.15, -0.1) is 0 Å². The molecule has 0 bridgehead atoms. The van der Waals surface area contributed by atoms with Crippen LogP contribution in [0.3, 0.4) is 0 Å². The number of rotatable bonds is 6. The van der Waals surface area contributed by atoms with Gasteiger partial charge in [0.05, 0.1) is 11.1 Å². The fraction of sp³-hybridized carbons (Fsp3) is 0.179. The summed E-state index contributed by atoms with van der Waals surface area (Å²) >= 11 is 5.29. The monoisotopic (exact) mass is 564 g/mol. The van der Waals surface area contributed by atoms with Crippen molar-refractivity contribution in [3.63, 3.8) is 0 Å². The molecule has 3 aromatic carbocycles. The maximum Gasteiger partial charge on any atom is 0.416 e. The normalized spacial score (nSPS) is 16.3. The first-order valence-corrected chi connectivity index (χ1v) is 13.3. The molecule has 0 saturated heterocycles. The number of halogens is 6. The third-order valence-electron chi connectivity index (χ3n) is 5.96. The molecule has 10 heteroatoms. The van der Waals surface area contributed by atoms with Crippen LogP contribution in [0.25, 0.3) is 0 Å². The van der Waals surface area contributed by atoms with Crippen LogP contribution in [-0.2, 0) is 12.4 Å². The quantitative estimate of drug-likeness (QED) is 0.183. The Balaban J connectivity index is 1.55. The van der Waals surface area contributed by atoms with E-state index in [2.05, 4.69) is 41.0 Å². The third-order valence-corrected chi connectivity index (χ3v) is 8.77. The number of anilines is 1. The fourth-order valence-corrected chi connectivity index (χ4v) is 7.20.